The van der Waals surface area contributed by atoms with Crippen molar-refractivity contribution in [1.82, 2.24) is 14.9 Å². The van der Waals surface area contributed by atoms with Crippen LogP contribution in [0, 0.1) is 0 Å². The summed E-state index contributed by atoms with van der Waals surface area (Å²) in [4.78, 5) is 17.2. The summed E-state index contributed by atoms with van der Waals surface area (Å²) in [6, 6.07) is 7.85. The predicted octanol–water partition coefficient (Wildman–Crippen LogP) is 3.21. The maximum atomic E-state index is 13.2. The van der Waals surface area contributed by atoms with Gasteiger partial charge < -0.3 is 19.9 Å². The van der Waals surface area contributed by atoms with Crippen LogP contribution in [0.15, 0.2) is 43.0 Å². The first kappa shape index (κ1) is 18.3. The number of methoxy groups -OCH3 is 1. The summed E-state index contributed by atoms with van der Waals surface area (Å²) < 4.78 is 7.22. The van der Waals surface area contributed by atoms with Crippen molar-refractivity contribution in [3.8, 4) is 5.75 Å². The lowest BCUT2D eigenvalue weighted by molar-refractivity contribution is -0.126. The zero-order valence-corrected chi connectivity index (χ0v) is 15.6. The molecule has 1 fully saturated rings. The Morgan fingerprint density at radius 3 is 2.62 bits per heavy atom. The molecular weight excluding hydrogens is 328 g/mol. The van der Waals surface area contributed by atoms with Crippen LogP contribution in [0.5, 0.6) is 5.75 Å². The second-order valence-electron chi connectivity index (χ2n) is 6.98. The molecule has 0 bridgehead atoms. The summed E-state index contributed by atoms with van der Waals surface area (Å²) in [7, 11) is 1.65. The van der Waals surface area contributed by atoms with Crippen molar-refractivity contribution in [2.24, 2.45) is 0 Å². The molecule has 2 N–H and O–H groups in total. The van der Waals surface area contributed by atoms with E-state index in [1.54, 1.807) is 19.6 Å². The Hall–Kier alpha value is -2.50. The molecule has 6 heteroatoms. The Bertz CT molecular complexity index is 691. The maximum Gasteiger partial charge on any atom is 0.245 e. The molecule has 0 spiro atoms. The second-order valence-corrected chi connectivity index (χ2v) is 6.98. The van der Waals surface area contributed by atoms with Crippen LogP contribution in [0.4, 0.5) is 5.69 Å². The topological polar surface area (TPSA) is 68.2 Å². The quantitative estimate of drug-likeness (QED) is 0.762. The second kappa shape index (κ2) is 8.25. The number of nitrogens with one attached hydrogen (secondary N) is 2. The van der Waals surface area contributed by atoms with Gasteiger partial charge in [0.25, 0.3) is 0 Å². The molecule has 1 aliphatic carbocycles. The number of carbonyl (C=O) groups is 1. The largest absolute Gasteiger partial charge is 0.497 e. The van der Waals surface area contributed by atoms with E-state index in [0.717, 1.165) is 50.1 Å². The molecule has 0 radical (unpaired) electrons. The van der Waals surface area contributed by atoms with Crippen molar-refractivity contribution in [2.45, 2.75) is 57.2 Å². The standard InChI is InChI=1S/C20H28N4O2/c1-3-16(14-24-13-12-21-15-24)22-19(25)20(10-4-5-11-20)23-17-6-8-18(26-2)9-7-17/h6-9,12-13,15-16,23H,3-5,10-11,14H2,1-2H3,(H,22,25). The van der Waals surface area contributed by atoms with Crippen LogP contribution in [-0.4, -0.2) is 34.1 Å². The van der Waals surface area contributed by atoms with Crippen LogP contribution >= 0.6 is 0 Å². The Morgan fingerprint density at radius 1 is 1.31 bits per heavy atom. The van der Waals surface area contributed by atoms with Gasteiger partial charge in [-0.25, -0.2) is 4.98 Å². The minimum atomic E-state index is -0.531. The minimum Gasteiger partial charge on any atom is -0.497 e. The number of ether oxygens (including phenoxy) is 1. The zero-order chi connectivity index (χ0) is 18.4. The fraction of sp³-hybridized carbons (Fsp3) is 0.500. The van der Waals surface area contributed by atoms with Gasteiger partial charge in [0.1, 0.15) is 11.3 Å². The minimum absolute atomic E-state index is 0.0897. The van der Waals surface area contributed by atoms with Crippen molar-refractivity contribution in [2.75, 3.05) is 12.4 Å². The SMILES string of the molecule is CCC(Cn1ccnc1)NC(=O)C1(Nc2ccc(OC)cc2)CCCC1. The van der Waals surface area contributed by atoms with Crippen molar-refractivity contribution in [3.05, 3.63) is 43.0 Å². The number of rotatable bonds is 8. The van der Waals surface area contributed by atoms with E-state index < -0.39 is 5.54 Å². The molecule has 1 saturated carbocycles. The van der Waals surface area contributed by atoms with Gasteiger partial charge in [0.05, 0.1) is 13.4 Å². The van der Waals surface area contributed by atoms with Gasteiger partial charge in [0.15, 0.2) is 0 Å². The molecule has 1 aromatic carbocycles. The molecule has 0 aliphatic heterocycles. The summed E-state index contributed by atoms with van der Waals surface area (Å²) in [6.45, 7) is 2.83. The molecule has 3 rings (SSSR count). The first-order valence-electron chi connectivity index (χ1n) is 9.34. The lowest BCUT2D eigenvalue weighted by Gasteiger charge is -2.32. The number of hydrogen-bond acceptors (Lipinski definition) is 4. The first-order valence-corrected chi connectivity index (χ1v) is 9.34. The number of hydrogen-bond donors (Lipinski definition) is 2. The Labute approximate surface area is 155 Å². The van der Waals surface area contributed by atoms with E-state index in [9.17, 15) is 4.79 Å². The van der Waals surface area contributed by atoms with Gasteiger partial charge in [-0.2, -0.15) is 0 Å². The number of imidazole rings is 1. The lowest BCUT2D eigenvalue weighted by Crippen LogP contribution is -2.54. The fourth-order valence-electron chi connectivity index (χ4n) is 3.59. The van der Waals surface area contributed by atoms with Gasteiger partial charge in [-0.3, -0.25) is 4.79 Å². The van der Waals surface area contributed by atoms with Gasteiger partial charge >= 0.3 is 0 Å². The van der Waals surface area contributed by atoms with E-state index in [0.29, 0.717) is 0 Å². The average Bonchev–Trinajstić information content (AvgIpc) is 3.34. The molecular formula is C20H28N4O2. The summed E-state index contributed by atoms with van der Waals surface area (Å²) in [5.74, 6) is 0.907. The van der Waals surface area contributed by atoms with Crippen LogP contribution < -0.4 is 15.4 Å². The van der Waals surface area contributed by atoms with Crippen LogP contribution in [0.2, 0.25) is 0 Å². The normalized spacial score (nSPS) is 16.8. The van der Waals surface area contributed by atoms with E-state index in [-0.39, 0.29) is 11.9 Å². The lowest BCUT2D eigenvalue weighted by atomic mass is 9.95. The number of anilines is 1. The summed E-state index contributed by atoms with van der Waals surface area (Å²) >= 11 is 0. The maximum absolute atomic E-state index is 13.2. The van der Waals surface area contributed by atoms with E-state index in [2.05, 4.69) is 22.5 Å². The Morgan fingerprint density at radius 2 is 2.04 bits per heavy atom. The molecule has 1 aromatic heterocycles. The van der Waals surface area contributed by atoms with Gasteiger partial charge in [-0.1, -0.05) is 19.8 Å². The number of nitrogens with zero attached hydrogens (tertiary/aromatic N) is 2. The van der Waals surface area contributed by atoms with E-state index in [4.69, 9.17) is 4.74 Å². The van der Waals surface area contributed by atoms with E-state index >= 15 is 0 Å². The van der Waals surface area contributed by atoms with Gasteiger partial charge in [0.2, 0.25) is 5.91 Å². The van der Waals surface area contributed by atoms with Crippen LogP contribution in [-0.2, 0) is 11.3 Å². The zero-order valence-electron chi connectivity index (χ0n) is 15.6. The fourth-order valence-corrected chi connectivity index (χ4v) is 3.59. The third kappa shape index (κ3) is 4.18. The molecule has 2 aromatic rings. The number of benzene rings is 1. The summed E-state index contributed by atoms with van der Waals surface area (Å²) in [6.07, 6.45) is 10.2. The van der Waals surface area contributed by atoms with Crippen LogP contribution in [0.25, 0.3) is 0 Å². The third-order valence-electron chi connectivity index (χ3n) is 5.18. The van der Waals surface area contributed by atoms with Crippen molar-refractivity contribution in [1.29, 1.82) is 0 Å². The molecule has 1 heterocycles. The smallest absolute Gasteiger partial charge is 0.245 e. The van der Waals surface area contributed by atoms with Crippen molar-refractivity contribution >= 4 is 11.6 Å². The highest BCUT2D eigenvalue weighted by Gasteiger charge is 2.41. The Balaban J connectivity index is 1.69. The highest BCUT2D eigenvalue weighted by atomic mass is 16.5. The molecule has 140 valence electrons. The van der Waals surface area contributed by atoms with E-state index in [1.165, 1.54) is 0 Å². The molecule has 0 saturated heterocycles. The van der Waals surface area contributed by atoms with Crippen molar-refractivity contribution < 1.29 is 9.53 Å². The molecule has 6 nitrogen and oxygen atoms in total. The van der Waals surface area contributed by atoms with Crippen molar-refractivity contribution in [3.63, 3.8) is 0 Å². The van der Waals surface area contributed by atoms with Gasteiger partial charge in [-0.15, -0.1) is 0 Å². The average molecular weight is 356 g/mol. The summed E-state index contributed by atoms with van der Waals surface area (Å²) in [5, 5.41) is 6.76. The molecule has 1 unspecified atom stereocenters. The van der Waals surface area contributed by atoms with Crippen LogP contribution in [0.1, 0.15) is 39.0 Å². The molecule has 1 amide bonds. The predicted molar refractivity (Wildman–Crippen MR) is 102 cm³/mol. The number of amides is 1. The third-order valence-corrected chi connectivity index (χ3v) is 5.18. The molecule has 26 heavy (non-hydrogen) atoms. The Kier molecular flexibility index (Phi) is 5.81. The van der Waals surface area contributed by atoms with Gasteiger partial charge in [-0.05, 0) is 43.5 Å². The van der Waals surface area contributed by atoms with E-state index in [1.807, 2.05) is 35.0 Å². The number of carbonyl (C=O) groups excluding carboxylic acids is 1. The molecule has 1 aliphatic rings. The first-order chi connectivity index (χ1) is 12.6. The highest BCUT2D eigenvalue weighted by Crippen LogP contribution is 2.34. The number of aromatic nitrogens is 2. The van der Waals surface area contributed by atoms with Crippen LogP contribution in [0.3, 0.4) is 0 Å². The highest BCUT2D eigenvalue weighted by molar-refractivity contribution is 5.90. The summed E-state index contributed by atoms with van der Waals surface area (Å²) in [5.41, 5.74) is 0.419. The monoisotopic (exact) mass is 356 g/mol. The van der Waals surface area contributed by atoms with Gasteiger partial charge in [0, 0.05) is 30.7 Å². The molecule has 1 atom stereocenters.